The number of hydrogen-bond acceptors (Lipinski definition) is 11. The lowest BCUT2D eigenvalue weighted by atomic mass is 10.0. The monoisotopic (exact) mass is 650 g/mol. The molecule has 3 heterocycles. The lowest BCUT2D eigenvalue weighted by Gasteiger charge is -2.19. The van der Waals surface area contributed by atoms with E-state index in [-0.39, 0.29) is 30.7 Å². The number of aryl methyl sites for hydroxylation is 2. The Labute approximate surface area is 270 Å². The molecule has 45 heavy (non-hydrogen) atoms. The summed E-state index contributed by atoms with van der Waals surface area (Å²) < 4.78 is 0. The number of rotatable bonds is 16. The van der Waals surface area contributed by atoms with Crippen LogP contribution in [0.2, 0.25) is 5.02 Å². The molecule has 0 saturated heterocycles. The van der Waals surface area contributed by atoms with Gasteiger partial charge in [0, 0.05) is 32.0 Å². The molecule has 3 aromatic rings. The van der Waals surface area contributed by atoms with Gasteiger partial charge in [0.2, 0.25) is 11.8 Å². The maximum Gasteiger partial charge on any atom is 0.267 e. The van der Waals surface area contributed by atoms with Gasteiger partial charge in [0.25, 0.3) is 5.91 Å². The summed E-state index contributed by atoms with van der Waals surface area (Å²) in [5.74, 6) is 3.19. The molecule has 3 amide bonds. The molecular weight excluding hydrogens is 616 g/mol. The maximum absolute atomic E-state index is 12.9. The molecule has 0 spiro atoms. The van der Waals surface area contributed by atoms with E-state index >= 15 is 0 Å². The summed E-state index contributed by atoms with van der Waals surface area (Å²) in [5.41, 5.74) is 0.929. The molecule has 1 atom stereocenters. The van der Waals surface area contributed by atoms with E-state index in [1.54, 1.807) is 19.1 Å². The number of para-hydroxylation sites is 1. The summed E-state index contributed by atoms with van der Waals surface area (Å²) in [4.78, 5) is 51.6. The maximum atomic E-state index is 12.9. The Morgan fingerprint density at radius 3 is 2.64 bits per heavy atom. The molecule has 0 radical (unpaired) electrons. The first-order chi connectivity index (χ1) is 21.5. The molecule has 236 valence electrons. The van der Waals surface area contributed by atoms with Crippen LogP contribution in [0.15, 0.2) is 40.7 Å². The number of halogens is 1. The zero-order valence-corrected chi connectivity index (χ0v) is 26.8. The van der Waals surface area contributed by atoms with Crippen LogP contribution < -0.4 is 26.6 Å². The van der Waals surface area contributed by atoms with E-state index in [2.05, 4.69) is 57.7 Å². The predicted octanol–water partition coefficient (Wildman–Crippen LogP) is 4.98. The minimum Gasteiger partial charge on any atom is -0.368 e. The number of amides is 3. The first kappa shape index (κ1) is 33.3. The zero-order chi connectivity index (χ0) is 32.4. The number of hydrogen-bond donors (Lipinski definition) is 5. The van der Waals surface area contributed by atoms with Gasteiger partial charge in [-0.15, -0.1) is 12.3 Å². The molecule has 1 aromatic carbocycles. The van der Waals surface area contributed by atoms with Gasteiger partial charge in [-0.1, -0.05) is 35.1 Å². The third kappa shape index (κ3) is 10.2. The van der Waals surface area contributed by atoms with E-state index in [0.29, 0.717) is 70.4 Å². The van der Waals surface area contributed by atoms with Gasteiger partial charge in [0.15, 0.2) is 10.8 Å². The number of unbranched alkanes of at least 4 members (excludes halogenated alkanes) is 1. The van der Waals surface area contributed by atoms with E-state index in [9.17, 15) is 14.4 Å². The molecule has 1 aliphatic rings. The normalized spacial score (nSPS) is 13.3. The Kier molecular flexibility index (Phi) is 11.4. The zero-order valence-electron chi connectivity index (χ0n) is 25.2. The van der Waals surface area contributed by atoms with Crippen molar-refractivity contribution in [1.82, 2.24) is 25.6 Å². The number of terminal acetylenes is 1. The number of aromatic nitrogens is 3. The molecule has 5 N–H and O–H groups in total. The molecule has 15 heteroatoms. The van der Waals surface area contributed by atoms with E-state index in [1.807, 2.05) is 26.0 Å². The van der Waals surface area contributed by atoms with Crippen LogP contribution >= 0.6 is 22.9 Å². The lowest BCUT2D eigenvalue weighted by molar-refractivity contribution is -0.129. The third-order valence-electron chi connectivity index (χ3n) is 6.72. The van der Waals surface area contributed by atoms with Crippen molar-refractivity contribution in [2.24, 2.45) is 10.2 Å². The fourth-order valence-corrected chi connectivity index (χ4v) is 5.21. The highest BCUT2D eigenvalue weighted by atomic mass is 35.5. The van der Waals surface area contributed by atoms with Crippen LogP contribution in [0.5, 0.6) is 0 Å². The lowest BCUT2D eigenvalue weighted by Crippen LogP contribution is -2.48. The minimum atomic E-state index is -0.706. The van der Waals surface area contributed by atoms with Gasteiger partial charge in [0.05, 0.1) is 16.9 Å². The number of nitrogens with zero attached hydrogens (tertiary/aromatic N) is 5. The number of nitrogens with one attached hydrogen (secondary N) is 5. The fraction of sp³-hybridized carbons (Fsp3) is 0.400. The van der Waals surface area contributed by atoms with Gasteiger partial charge in [-0.3, -0.25) is 14.4 Å². The number of anilines is 4. The topological polar surface area (TPSA) is 175 Å². The van der Waals surface area contributed by atoms with Crippen molar-refractivity contribution in [2.45, 2.75) is 64.6 Å². The number of carbonyl (C=O) groups is 3. The van der Waals surface area contributed by atoms with E-state index in [4.69, 9.17) is 18.0 Å². The van der Waals surface area contributed by atoms with Crippen molar-refractivity contribution < 1.29 is 14.4 Å². The Morgan fingerprint density at radius 1 is 1.13 bits per heavy atom. The molecular formula is C30H35ClN10O3S. The van der Waals surface area contributed by atoms with Crippen LogP contribution in [-0.4, -0.2) is 57.5 Å². The number of benzene rings is 1. The van der Waals surface area contributed by atoms with E-state index in [1.165, 1.54) is 17.5 Å². The highest BCUT2D eigenvalue weighted by Crippen LogP contribution is 2.32. The summed E-state index contributed by atoms with van der Waals surface area (Å²) in [5, 5.41) is 23.7. The van der Waals surface area contributed by atoms with Crippen molar-refractivity contribution >= 4 is 63.1 Å². The molecule has 0 aliphatic carbocycles. The van der Waals surface area contributed by atoms with Crippen LogP contribution in [0.3, 0.4) is 0 Å². The molecule has 0 unspecified atom stereocenters. The summed E-state index contributed by atoms with van der Waals surface area (Å²) in [6.07, 6.45) is 9.01. The highest BCUT2D eigenvalue weighted by Gasteiger charge is 2.35. The van der Waals surface area contributed by atoms with Crippen LogP contribution in [0.4, 0.5) is 22.5 Å². The summed E-state index contributed by atoms with van der Waals surface area (Å²) in [6, 6.07) is 6.39. The SMILES string of the molecule is C#CCCCC(=O)N[C@@H](CCC1(C)N=N1)C(=O)NCCNc1cc(Nc2ncc(C(=O)Nc3c(C)cccc3Cl)s2)nc(C)n1. The summed E-state index contributed by atoms with van der Waals surface area (Å²) in [6.45, 7) is 6.15. The average Bonchev–Trinajstić information content (AvgIpc) is 3.55. The Bertz CT molecular complexity index is 1590. The Hall–Kier alpha value is -4.61. The van der Waals surface area contributed by atoms with E-state index < -0.39 is 11.7 Å². The van der Waals surface area contributed by atoms with Gasteiger partial charge in [-0.05, 0) is 51.7 Å². The van der Waals surface area contributed by atoms with Gasteiger partial charge in [-0.2, -0.15) is 10.2 Å². The third-order valence-corrected chi connectivity index (χ3v) is 7.94. The summed E-state index contributed by atoms with van der Waals surface area (Å²) in [7, 11) is 0. The standard InChI is InChI=1S/C30H35ClN10O3S/c1-5-6-7-11-25(42)37-21(12-13-30(4)40-41-30)27(43)33-15-14-32-23-16-24(36-19(3)35-23)38-29-34-17-22(45-29)28(44)39-26-18(2)9-8-10-20(26)31/h1,8-10,16-17,21H,6-7,11-15H2,2-4H3,(H,33,43)(H,37,42)(H,39,44)(H2,32,34,35,36,38)/t21-/m0/s1. The number of carbonyl (C=O) groups excluding carboxylic acids is 3. The number of thiazole rings is 1. The van der Waals surface area contributed by atoms with Crippen molar-refractivity contribution in [3.8, 4) is 12.3 Å². The van der Waals surface area contributed by atoms with Gasteiger partial charge in [0.1, 0.15) is 28.4 Å². The van der Waals surface area contributed by atoms with Crippen LogP contribution in [-0.2, 0) is 9.59 Å². The molecule has 2 aromatic heterocycles. The molecule has 0 fully saturated rings. The quantitative estimate of drug-likeness (QED) is 0.107. The van der Waals surface area contributed by atoms with Gasteiger partial charge in [-0.25, -0.2) is 15.0 Å². The van der Waals surface area contributed by atoms with Gasteiger partial charge >= 0.3 is 0 Å². The smallest absolute Gasteiger partial charge is 0.267 e. The molecule has 4 rings (SSSR count). The van der Waals surface area contributed by atoms with Crippen LogP contribution in [0.1, 0.15) is 60.1 Å². The van der Waals surface area contributed by atoms with Crippen molar-refractivity contribution in [2.75, 3.05) is 29.0 Å². The fourth-order valence-electron chi connectivity index (χ4n) is 4.22. The first-order valence-corrected chi connectivity index (χ1v) is 15.6. The Morgan fingerprint density at radius 2 is 1.91 bits per heavy atom. The largest absolute Gasteiger partial charge is 0.368 e. The predicted molar refractivity (Wildman–Crippen MR) is 175 cm³/mol. The van der Waals surface area contributed by atoms with Crippen molar-refractivity contribution in [3.63, 3.8) is 0 Å². The van der Waals surface area contributed by atoms with Crippen molar-refractivity contribution in [3.05, 3.63) is 51.7 Å². The molecule has 0 bridgehead atoms. The minimum absolute atomic E-state index is 0.224. The first-order valence-electron chi connectivity index (χ1n) is 14.4. The van der Waals surface area contributed by atoms with Crippen LogP contribution in [0.25, 0.3) is 0 Å². The van der Waals surface area contributed by atoms with E-state index in [0.717, 1.165) is 5.56 Å². The molecule has 1 aliphatic heterocycles. The van der Waals surface area contributed by atoms with Crippen LogP contribution in [0, 0.1) is 26.2 Å². The second kappa shape index (κ2) is 15.4. The van der Waals surface area contributed by atoms with Gasteiger partial charge < -0.3 is 26.6 Å². The average molecular weight is 651 g/mol. The second-order valence-electron chi connectivity index (χ2n) is 10.6. The summed E-state index contributed by atoms with van der Waals surface area (Å²) >= 11 is 7.41. The Balaban J connectivity index is 1.28. The van der Waals surface area contributed by atoms with Crippen molar-refractivity contribution in [1.29, 1.82) is 0 Å². The highest BCUT2D eigenvalue weighted by molar-refractivity contribution is 7.17. The molecule has 0 saturated carbocycles. The molecule has 13 nitrogen and oxygen atoms in total. The second-order valence-corrected chi connectivity index (χ2v) is 12.0.